The van der Waals surface area contributed by atoms with E-state index < -0.39 is 0 Å². The molecule has 0 radical (unpaired) electrons. The van der Waals surface area contributed by atoms with Crippen molar-refractivity contribution >= 4 is 0 Å². The van der Waals surface area contributed by atoms with Gasteiger partial charge < -0.3 is 10.0 Å². The number of hydrogen-bond acceptors (Lipinski definition) is 2. The molecule has 0 aromatic heterocycles. The third kappa shape index (κ3) is 3.55. The molecule has 0 saturated carbocycles. The molecule has 1 rings (SSSR count). The lowest BCUT2D eigenvalue weighted by molar-refractivity contribution is 0.227. The molecule has 1 atom stereocenters. The molecule has 72 valence electrons. The molecule has 1 aliphatic heterocycles. The van der Waals surface area contributed by atoms with Crippen LogP contribution in [-0.4, -0.2) is 36.2 Å². The molecule has 1 aliphatic rings. The summed E-state index contributed by atoms with van der Waals surface area (Å²) in [5.74, 6) is 0.907. The minimum atomic E-state index is 0.339. The number of rotatable bonds is 3. The van der Waals surface area contributed by atoms with Crippen LogP contribution in [0.25, 0.3) is 0 Å². The van der Waals surface area contributed by atoms with Crippen molar-refractivity contribution < 1.29 is 5.11 Å². The van der Waals surface area contributed by atoms with Crippen LogP contribution < -0.4 is 0 Å². The van der Waals surface area contributed by atoms with E-state index in [2.05, 4.69) is 11.8 Å². The number of aliphatic hydroxyl groups excluding tert-OH is 1. The predicted molar refractivity (Wildman–Crippen MR) is 51.2 cm³/mol. The minimum Gasteiger partial charge on any atom is -0.396 e. The monoisotopic (exact) mass is 171 g/mol. The Balaban J connectivity index is 2.17. The summed E-state index contributed by atoms with van der Waals surface area (Å²) in [7, 11) is 0. The second kappa shape index (κ2) is 5.55. The predicted octanol–water partition coefficient (Wildman–Crippen LogP) is 1.49. The summed E-state index contributed by atoms with van der Waals surface area (Å²) >= 11 is 0. The lowest BCUT2D eigenvalue weighted by atomic mass is 10.0. The average molecular weight is 171 g/mol. The van der Waals surface area contributed by atoms with E-state index in [1.165, 1.54) is 32.4 Å². The molecule has 12 heavy (non-hydrogen) atoms. The summed E-state index contributed by atoms with van der Waals surface area (Å²) in [5, 5.41) is 8.69. The molecule has 1 saturated heterocycles. The topological polar surface area (TPSA) is 23.5 Å². The lowest BCUT2D eigenvalue weighted by Crippen LogP contribution is -2.26. The van der Waals surface area contributed by atoms with Crippen LogP contribution in [0.2, 0.25) is 0 Å². The van der Waals surface area contributed by atoms with E-state index in [4.69, 9.17) is 5.11 Å². The van der Waals surface area contributed by atoms with Crippen LogP contribution in [0.15, 0.2) is 0 Å². The van der Waals surface area contributed by atoms with E-state index in [1.54, 1.807) is 0 Å². The highest BCUT2D eigenvalue weighted by atomic mass is 16.3. The Hall–Kier alpha value is -0.0800. The first-order valence-corrected chi connectivity index (χ1v) is 5.16. The molecule has 0 bridgehead atoms. The average Bonchev–Trinajstić information content (AvgIpc) is 2.27. The van der Waals surface area contributed by atoms with Gasteiger partial charge in [0.25, 0.3) is 0 Å². The zero-order valence-corrected chi connectivity index (χ0v) is 8.13. The highest BCUT2D eigenvalue weighted by Crippen LogP contribution is 2.16. The molecule has 0 aliphatic carbocycles. The maximum absolute atomic E-state index is 8.69. The molecule has 0 amide bonds. The Morgan fingerprint density at radius 1 is 1.33 bits per heavy atom. The SMILES string of the molecule is C[C@H]1CCCN(CCCO)CC1. The largest absolute Gasteiger partial charge is 0.396 e. The van der Waals surface area contributed by atoms with Gasteiger partial charge in [0.1, 0.15) is 0 Å². The minimum absolute atomic E-state index is 0.339. The fraction of sp³-hybridized carbons (Fsp3) is 1.00. The molecule has 0 aromatic carbocycles. The van der Waals surface area contributed by atoms with E-state index in [9.17, 15) is 0 Å². The Bertz CT molecular complexity index is 114. The van der Waals surface area contributed by atoms with E-state index in [0.717, 1.165) is 18.9 Å². The Morgan fingerprint density at radius 3 is 2.92 bits per heavy atom. The number of aliphatic hydroxyl groups is 1. The second-order valence-corrected chi connectivity index (χ2v) is 3.95. The zero-order chi connectivity index (χ0) is 8.81. The van der Waals surface area contributed by atoms with Gasteiger partial charge in [-0.1, -0.05) is 6.92 Å². The van der Waals surface area contributed by atoms with Gasteiger partial charge in [0.15, 0.2) is 0 Å². The van der Waals surface area contributed by atoms with Crippen molar-refractivity contribution in [1.29, 1.82) is 0 Å². The fourth-order valence-electron chi connectivity index (χ4n) is 1.84. The molecule has 1 fully saturated rings. The Morgan fingerprint density at radius 2 is 2.17 bits per heavy atom. The highest BCUT2D eigenvalue weighted by Gasteiger charge is 2.12. The summed E-state index contributed by atoms with van der Waals surface area (Å²) in [6.45, 7) is 6.25. The van der Waals surface area contributed by atoms with Gasteiger partial charge in [-0.2, -0.15) is 0 Å². The van der Waals surface area contributed by atoms with Gasteiger partial charge in [-0.25, -0.2) is 0 Å². The van der Waals surface area contributed by atoms with Crippen LogP contribution >= 0.6 is 0 Å². The summed E-state index contributed by atoms with van der Waals surface area (Å²) in [5.41, 5.74) is 0. The van der Waals surface area contributed by atoms with Gasteiger partial charge in [-0.15, -0.1) is 0 Å². The Labute approximate surface area is 75.6 Å². The van der Waals surface area contributed by atoms with E-state index in [0.29, 0.717) is 6.61 Å². The van der Waals surface area contributed by atoms with Crippen LogP contribution in [0.5, 0.6) is 0 Å². The fourth-order valence-corrected chi connectivity index (χ4v) is 1.84. The van der Waals surface area contributed by atoms with Crippen molar-refractivity contribution in [3.05, 3.63) is 0 Å². The van der Waals surface area contributed by atoms with Gasteiger partial charge in [-0.3, -0.25) is 0 Å². The van der Waals surface area contributed by atoms with Crippen LogP contribution in [0, 0.1) is 5.92 Å². The molecule has 1 N–H and O–H groups in total. The van der Waals surface area contributed by atoms with Crippen molar-refractivity contribution in [2.45, 2.75) is 32.6 Å². The maximum atomic E-state index is 8.69. The third-order valence-corrected chi connectivity index (χ3v) is 2.74. The van der Waals surface area contributed by atoms with Crippen molar-refractivity contribution in [3.63, 3.8) is 0 Å². The number of likely N-dealkylation sites (tertiary alicyclic amines) is 1. The summed E-state index contributed by atoms with van der Waals surface area (Å²) in [6, 6.07) is 0. The first kappa shape index (κ1) is 10.0. The molecular formula is C10H21NO. The summed E-state index contributed by atoms with van der Waals surface area (Å²) in [4.78, 5) is 2.49. The first-order valence-electron chi connectivity index (χ1n) is 5.16. The molecule has 0 unspecified atom stereocenters. The van der Waals surface area contributed by atoms with Gasteiger partial charge >= 0.3 is 0 Å². The van der Waals surface area contributed by atoms with Crippen LogP contribution in [0.4, 0.5) is 0 Å². The van der Waals surface area contributed by atoms with Gasteiger partial charge in [-0.05, 0) is 44.7 Å². The smallest absolute Gasteiger partial charge is 0.0443 e. The highest BCUT2D eigenvalue weighted by molar-refractivity contribution is 4.66. The van der Waals surface area contributed by atoms with Crippen LogP contribution in [0.1, 0.15) is 32.6 Å². The maximum Gasteiger partial charge on any atom is 0.0443 e. The van der Waals surface area contributed by atoms with E-state index in [-0.39, 0.29) is 0 Å². The van der Waals surface area contributed by atoms with Crippen LogP contribution in [-0.2, 0) is 0 Å². The molecule has 2 heteroatoms. The van der Waals surface area contributed by atoms with Crippen molar-refractivity contribution in [2.24, 2.45) is 5.92 Å². The van der Waals surface area contributed by atoms with E-state index >= 15 is 0 Å². The van der Waals surface area contributed by atoms with Crippen molar-refractivity contribution in [1.82, 2.24) is 4.90 Å². The normalized spacial score (nSPS) is 27.0. The summed E-state index contributed by atoms with van der Waals surface area (Å²) < 4.78 is 0. The van der Waals surface area contributed by atoms with Gasteiger partial charge in [0.05, 0.1) is 0 Å². The van der Waals surface area contributed by atoms with E-state index in [1.807, 2.05) is 0 Å². The first-order chi connectivity index (χ1) is 5.83. The Kier molecular flexibility index (Phi) is 4.62. The van der Waals surface area contributed by atoms with Gasteiger partial charge in [0, 0.05) is 13.2 Å². The second-order valence-electron chi connectivity index (χ2n) is 3.95. The van der Waals surface area contributed by atoms with Crippen molar-refractivity contribution in [3.8, 4) is 0 Å². The zero-order valence-electron chi connectivity index (χ0n) is 8.13. The number of hydrogen-bond donors (Lipinski definition) is 1. The molecular weight excluding hydrogens is 150 g/mol. The third-order valence-electron chi connectivity index (χ3n) is 2.74. The lowest BCUT2D eigenvalue weighted by Gasteiger charge is -2.18. The molecule has 0 spiro atoms. The summed E-state index contributed by atoms with van der Waals surface area (Å²) in [6.07, 6.45) is 5.00. The molecule has 1 heterocycles. The van der Waals surface area contributed by atoms with Crippen LogP contribution in [0.3, 0.4) is 0 Å². The van der Waals surface area contributed by atoms with Gasteiger partial charge in [0.2, 0.25) is 0 Å². The quantitative estimate of drug-likeness (QED) is 0.695. The molecule has 0 aromatic rings. The standard InChI is InChI=1S/C10H21NO/c1-10-4-2-6-11(8-5-10)7-3-9-12/h10,12H,2-9H2,1H3/t10-/m0/s1. The number of nitrogens with zero attached hydrogens (tertiary/aromatic N) is 1. The molecule has 2 nitrogen and oxygen atoms in total. The van der Waals surface area contributed by atoms with Crippen molar-refractivity contribution in [2.75, 3.05) is 26.2 Å².